The van der Waals surface area contributed by atoms with Crippen LogP contribution >= 0.6 is 45.5 Å². The van der Waals surface area contributed by atoms with E-state index in [1.807, 2.05) is 12.1 Å². The second kappa shape index (κ2) is 9.39. The van der Waals surface area contributed by atoms with Crippen LogP contribution in [-0.4, -0.2) is 28.3 Å². The van der Waals surface area contributed by atoms with Crippen molar-refractivity contribution in [2.45, 2.75) is 6.92 Å². The number of benzene rings is 2. The Morgan fingerprint density at radius 2 is 2.00 bits per heavy atom. The number of hydrogen-bond donors (Lipinski definition) is 1. The number of ether oxygens (including phenoxy) is 1. The highest BCUT2D eigenvalue weighted by Crippen LogP contribution is 2.31. The first-order valence-electron chi connectivity index (χ1n) is 9.44. The van der Waals surface area contributed by atoms with Crippen LogP contribution in [0.3, 0.4) is 0 Å². The predicted molar refractivity (Wildman–Crippen MR) is 133 cm³/mol. The van der Waals surface area contributed by atoms with E-state index >= 15 is 0 Å². The first-order chi connectivity index (χ1) is 15.4. The number of esters is 1. The number of hydrogen-bond acceptors (Lipinski definition) is 6. The summed E-state index contributed by atoms with van der Waals surface area (Å²) < 4.78 is 7.00. The van der Waals surface area contributed by atoms with E-state index in [2.05, 4.69) is 33.0 Å². The minimum absolute atomic E-state index is 0.0209. The largest absolute Gasteiger partial charge is 0.461 e. The van der Waals surface area contributed by atoms with Gasteiger partial charge in [-0.05, 0) is 59.8 Å². The van der Waals surface area contributed by atoms with Crippen molar-refractivity contribution in [3.05, 3.63) is 84.1 Å². The Labute approximate surface area is 205 Å². The lowest BCUT2D eigenvalue weighted by Crippen LogP contribution is -2.25. The Hall–Kier alpha value is -2.76. The van der Waals surface area contributed by atoms with Gasteiger partial charge in [-0.15, -0.1) is 11.3 Å². The van der Waals surface area contributed by atoms with Crippen molar-refractivity contribution in [2.24, 2.45) is 0 Å². The minimum Gasteiger partial charge on any atom is -0.461 e. The number of fused-ring (bicyclic) bond motifs is 1. The third kappa shape index (κ3) is 4.27. The number of rotatable bonds is 5. The van der Waals surface area contributed by atoms with Gasteiger partial charge in [-0.3, -0.25) is 9.59 Å². The maximum Gasteiger partial charge on any atom is 0.359 e. The third-order valence-electron chi connectivity index (χ3n) is 4.52. The maximum absolute atomic E-state index is 13.4. The van der Waals surface area contributed by atoms with Crippen molar-refractivity contribution in [2.75, 3.05) is 11.9 Å². The summed E-state index contributed by atoms with van der Waals surface area (Å²) >= 11 is 9.30. The molecule has 0 saturated heterocycles. The number of thiophene rings is 1. The van der Waals surface area contributed by atoms with Gasteiger partial charge in [0.05, 0.1) is 23.2 Å². The number of amides is 1. The molecule has 2 heterocycles. The van der Waals surface area contributed by atoms with Crippen LogP contribution in [0.25, 0.3) is 16.5 Å². The number of anilines is 1. The van der Waals surface area contributed by atoms with Gasteiger partial charge in [-0.2, -0.15) is 9.78 Å². The second-order valence-electron chi connectivity index (χ2n) is 6.55. The molecule has 10 heteroatoms. The van der Waals surface area contributed by atoms with Crippen molar-refractivity contribution in [3.8, 4) is 5.69 Å². The fourth-order valence-electron chi connectivity index (χ4n) is 3.09. The molecule has 0 saturated carbocycles. The molecule has 32 heavy (non-hydrogen) atoms. The van der Waals surface area contributed by atoms with Crippen LogP contribution in [0.4, 0.5) is 5.00 Å². The molecule has 1 amide bonds. The molecule has 0 unspecified atom stereocenters. The number of carbonyl (C=O) groups excluding carboxylic acids is 2. The van der Waals surface area contributed by atoms with Crippen LogP contribution in [-0.2, 0) is 4.74 Å². The van der Waals surface area contributed by atoms with Gasteiger partial charge in [0.25, 0.3) is 11.5 Å². The lowest BCUT2D eigenvalue weighted by atomic mass is 10.2. The second-order valence-corrected chi connectivity index (χ2v) is 9.03. The van der Waals surface area contributed by atoms with Gasteiger partial charge in [0, 0.05) is 19.4 Å². The highest BCUT2D eigenvalue weighted by Gasteiger charge is 2.23. The van der Waals surface area contributed by atoms with Gasteiger partial charge in [-0.25, -0.2) is 4.79 Å². The van der Waals surface area contributed by atoms with Gasteiger partial charge in [0.1, 0.15) is 5.00 Å². The van der Waals surface area contributed by atoms with Gasteiger partial charge >= 0.3 is 5.97 Å². The highest BCUT2D eigenvalue weighted by atomic mass is 127. The van der Waals surface area contributed by atoms with Crippen LogP contribution in [0, 0.1) is 3.57 Å². The zero-order chi connectivity index (χ0) is 22.8. The molecule has 4 aromatic rings. The normalized spacial score (nSPS) is 10.8. The van der Waals surface area contributed by atoms with Gasteiger partial charge < -0.3 is 10.1 Å². The van der Waals surface area contributed by atoms with Crippen molar-refractivity contribution in [1.82, 2.24) is 9.78 Å². The van der Waals surface area contributed by atoms with Crippen LogP contribution < -0.4 is 10.9 Å². The molecule has 2 aromatic carbocycles. The molecule has 0 aliphatic heterocycles. The van der Waals surface area contributed by atoms with Gasteiger partial charge in [0.2, 0.25) is 0 Å². The van der Waals surface area contributed by atoms with E-state index in [0.717, 1.165) is 19.6 Å². The first kappa shape index (κ1) is 22.4. The fraction of sp³-hybridized carbons (Fsp3) is 0.0909. The Morgan fingerprint density at radius 3 is 2.72 bits per heavy atom. The van der Waals surface area contributed by atoms with E-state index in [-0.39, 0.29) is 23.6 Å². The third-order valence-corrected chi connectivity index (χ3v) is 6.59. The average Bonchev–Trinajstić information content (AvgIpc) is 3.18. The molecule has 0 aliphatic carbocycles. The summed E-state index contributed by atoms with van der Waals surface area (Å²) in [5.41, 5.74) is 0.350. The quantitative estimate of drug-likeness (QED) is 0.261. The lowest BCUT2D eigenvalue weighted by Gasteiger charge is -2.10. The Morgan fingerprint density at radius 1 is 1.22 bits per heavy atom. The molecule has 0 bridgehead atoms. The number of nitrogens with zero attached hydrogens (tertiary/aromatic N) is 2. The zero-order valence-electron chi connectivity index (χ0n) is 16.6. The summed E-state index contributed by atoms with van der Waals surface area (Å²) in [6.07, 6.45) is 0. The number of nitrogens with one attached hydrogen (secondary N) is 1. The fourth-order valence-corrected chi connectivity index (χ4v) is 4.84. The highest BCUT2D eigenvalue weighted by molar-refractivity contribution is 14.1. The Balaban J connectivity index is 1.91. The van der Waals surface area contributed by atoms with E-state index in [4.69, 9.17) is 16.3 Å². The molecule has 0 aliphatic rings. The lowest BCUT2D eigenvalue weighted by molar-refractivity contribution is 0.0520. The van der Waals surface area contributed by atoms with Crippen LogP contribution in [0.5, 0.6) is 0 Å². The zero-order valence-corrected chi connectivity index (χ0v) is 20.3. The van der Waals surface area contributed by atoms with Crippen LogP contribution in [0.15, 0.2) is 58.7 Å². The van der Waals surface area contributed by atoms with Gasteiger partial charge in [0.15, 0.2) is 5.69 Å². The number of aromatic nitrogens is 2. The minimum atomic E-state index is -0.665. The first-order valence-corrected chi connectivity index (χ1v) is 11.8. The topological polar surface area (TPSA) is 90.3 Å². The van der Waals surface area contributed by atoms with Crippen LogP contribution in [0.2, 0.25) is 5.02 Å². The molecule has 0 spiro atoms. The van der Waals surface area contributed by atoms with Crippen molar-refractivity contribution < 1.29 is 14.3 Å². The molecule has 7 nitrogen and oxygen atoms in total. The summed E-state index contributed by atoms with van der Waals surface area (Å²) in [5.74, 6) is -1.02. The molecular weight excluding hydrogens is 565 g/mol. The molecule has 1 N–H and O–H groups in total. The number of carbonyl (C=O) groups is 2. The van der Waals surface area contributed by atoms with E-state index < -0.39 is 11.5 Å². The summed E-state index contributed by atoms with van der Waals surface area (Å²) in [5, 5.41) is 9.90. The molecule has 0 radical (unpaired) electrons. The van der Waals surface area contributed by atoms with E-state index in [1.54, 1.807) is 48.7 Å². The molecule has 2 aromatic heterocycles. The Bertz CT molecular complexity index is 1420. The summed E-state index contributed by atoms with van der Waals surface area (Å²) in [6.45, 7) is 1.83. The summed E-state index contributed by atoms with van der Waals surface area (Å²) in [6, 6.07) is 13.7. The smallest absolute Gasteiger partial charge is 0.359 e. The van der Waals surface area contributed by atoms with E-state index in [1.165, 1.54) is 0 Å². The van der Waals surface area contributed by atoms with E-state index in [0.29, 0.717) is 26.7 Å². The maximum atomic E-state index is 13.4. The molecular formula is C22H15ClIN3O4S. The SMILES string of the molecule is CCOC(=O)c1nn(-c2cccc(Cl)c2)c(=O)c2c(NC(=O)c3ccccc3I)scc12. The molecule has 4 rings (SSSR count). The van der Waals surface area contributed by atoms with Crippen LogP contribution in [0.1, 0.15) is 27.8 Å². The van der Waals surface area contributed by atoms with Crippen molar-refractivity contribution >= 4 is 73.2 Å². The standard InChI is InChI=1S/C22H15ClIN3O4S/c1-2-31-22(30)18-15-11-32-20(25-19(28)14-8-3-4-9-16(14)24)17(15)21(29)27(26-18)13-7-5-6-12(23)10-13/h3-11H,2H2,1H3,(H,25,28). The molecule has 0 atom stereocenters. The van der Waals surface area contributed by atoms with Crippen molar-refractivity contribution in [3.63, 3.8) is 0 Å². The Kier molecular flexibility index (Phi) is 6.58. The predicted octanol–water partition coefficient (Wildman–Crippen LogP) is 5.13. The van der Waals surface area contributed by atoms with E-state index in [9.17, 15) is 14.4 Å². The molecule has 162 valence electrons. The summed E-state index contributed by atoms with van der Waals surface area (Å²) in [4.78, 5) is 38.9. The van der Waals surface area contributed by atoms with Gasteiger partial charge in [-0.1, -0.05) is 29.8 Å². The average molecular weight is 580 g/mol. The monoisotopic (exact) mass is 579 g/mol. The van der Waals surface area contributed by atoms with Crippen molar-refractivity contribution in [1.29, 1.82) is 0 Å². The summed E-state index contributed by atoms with van der Waals surface area (Å²) in [7, 11) is 0. The number of halogens is 2. The molecule has 0 fully saturated rings.